The molecular weight excluding hydrogens is 395 g/mol. The maximum Gasteiger partial charge on any atom is 0.264 e. The summed E-state index contributed by atoms with van der Waals surface area (Å²) in [5.41, 5.74) is 1.72. The zero-order chi connectivity index (χ0) is 16.9. The van der Waals surface area contributed by atoms with E-state index in [-0.39, 0.29) is 12.4 Å². The van der Waals surface area contributed by atoms with E-state index in [2.05, 4.69) is 26.2 Å². The Kier molecular flexibility index (Phi) is 5.22. The number of aromatic nitrogens is 1. The van der Waals surface area contributed by atoms with Crippen LogP contribution in [0.25, 0.3) is 11.3 Å². The average Bonchev–Trinajstić information content (AvgIpc) is 3.02. The largest absolute Gasteiger partial charge is 0.481 e. The first-order valence-electron chi connectivity index (χ1n) is 7.00. The SMILES string of the molecule is O=C(COc1ccccc1F)Nc1nc(-c2cccc(Br)c2)cs1. The van der Waals surface area contributed by atoms with E-state index >= 15 is 0 Å². The molecule has 0 aliphatic carbocycles. The highest BCUT2D eigenvalue weighted by Gasteiger charge is 2.10. The molecule has 4 nitrogen and oxygen atoms in total. The number of anilines is 1. The van der Waals surface area contributed by atoms with Gasteiger partial charge in [0.2, 0.25) is 0 Å². The van der Waals surface area contributed by atoms with Crippen LogP contribution in [0.2, 0.25) is 0 Å². The minimum absolute atomic E-state index is 0.0432. The van der Waals surface area contributed by atoms with Crippen molar-refractivity contribution in [3.63, 3.8) is 0 Å². The van der Waals surface area contributed by atoms with Crippen LogP contribution in [-0.4, -0.2) is 17.5 Å². The van der Waals surface area contributed by atoms with Crippen LogP contribution in [0.5, 0.6) is 5.75 Å². The van der Waals surface area contributed by atoms with E-state index in [1.54, 1.807) is 12.1 Å². The monoisotopic (exact) mass is 406 g/mol. The molecule has 1 aromatic heterocycles. The molecule has 0 radical (unpaired) electrons. The molecule has 7 heteroatoms. The Morgan fingerprint density at radius 3 is 2.88 bits per heavy atom. The highest BCUT2D eigenvalue weighted by atomic mass is 79.9. The van der Waals surface area contributed by atoms with Crippen molar-refractivity contribution in [3.05, 3.63) is 64.2 Å². The number of para-hydroxylation sites is 1. The molecule has 0 saturated carbocycles. The zero-order valence-corrected chi connectivity index (χ0v) is 14.7. The van der Waals surface area contributed by atoms with Gasteiger partial charge in [0.05, 0.1) is 5.69 Å². The molecule has 0 aliphatic rings. The number of thiazole rings is 1. The van der Waals surface area contributed by atoms with Crippen LogP contribution in [0.1, 0.15) is 0 Å². The molecule has 3 rings (SSSR count). The summed E-state index contributed by atoms with van der Waals surface area (Å²) in [6, 6.07) is 13.7. The Labute approximate surface area is 150 Å². The van der Waals surface area contributed by atoms with E-state index in [1.807, 2.05) is 29.6 Å². The molecule has 3 aromatic rings. The fourth-order valence-electron chi connectivity index (χ4n) is 1.97. The summed E-state index contributed by atoms with van der Waals surface area (Å²) in [5, 5.41) is 4.97. The third kappa shape index (κ3) is 4.18. The number of nitrogens with zero attached hydrogens (tertiary/aromatic N) is 1. The molecule has 0 bridgehead atoms. The standard InChI is InChI=1S/C17H12BrFN2O2S/c18-12-5-3-4-11(8-12)14-10-24-17(20-14)21-16(22)9-23-15-7-2-1-6-13(15)19/h1-8,10H,9H2,(H,20,21,22). The Balaban J connectivity index is 1.60. The molecule has 0 unspecified atom stereocenters. The summed E-state index contributed by atoms with van der Waals surface area (Å²) in [6.45, 7) is -0.285. The lowest BCUT2D eigenvalue weighted by Crippen LogP contribution is -2.20. The molecule has 1 amide bonds. The lowest BCUT2D eigenvalue weighted by Gasteiger charge is -2.06. The van der Waals surface area contributed by atoms with Crippen LogP contribution in [0, 0.1) is 5.82 Å². The Morgan fingerprint density at radius 1 is 1.25 bits per heavy atom. The predicted octanol–water partition coefficient (Wildman–Crippen LogP) is 4.73. The van der Waals surface area contributed by atoms with Crippen molar-refractivity contribution in [2.45, 2.75) is 0 Å². The summed E-state index contributed by atoms with van der Waals surface area (Å²) in [6.07, 6.45) is 0. The lowest BCUT2D eigenvalue weighted by molar-refractivity contribution is -0.118. The number of amides is 1. The van der Waals surface area contributed by atoms with Gasteiger partial charge < -0.3 is 4.74 Å². The molecule has 0 fully saturated rings. The van der Waals surface area contributed by atoms with Gasteiger partial charge in [-0.15, -0.1) is 11.3 Å². The Bertz CT molecular complexity index is 869. The van der Waals surface area contributed by atoms with E-state index in [4.69, 9.17) is 4.74 Å². The Morgan fingerprint density at radius 2 is 2.08 bits per heavy atom. The van der Waals surface area contributed by atoms with Crippen LogP contribution in [-0.2, 0) is 4.79 Å². The maximum atomic E-state index is 13.4. The lowest BCUT2D eigenvalue weighted by atomic mass is 10.2. The fraction of sp³-hybridized carbons (Fsp3) is 0.0588. The first-order valence-corrected chi connectivity index (χ1v) is 8.68. The minimum atomic E-state index is -0.503. The van der Waals surface area contributed by atoms with Gasteiger partial charge in [-0.3, -0.25) is 10.1 Å². The van der Waals surface area contributed by atoms with Gasteiger partial charge in [-0.05, 0) is 24.3 Å². The number of hydrogen-bond acceptors (Lipinski definition) is 4. The van der Waals surface area contributed by atoms with E-state index in [9.17, 15) is 9.18 Å². The van der Waals surface area contributed by atoms with Gasteiger partial charge in [0.15, 0.2) is 23.3 Å². The van der Waals surface area contributed by atoms with E-state index in [1.165, 1.54) is 23.5 Å². The number of hydrogen-bond donors (Lipinski definition) is 1. The fourth-order valence-corrected chi connectivity index (χ4v) is 3.11. The predicted molar refractivity (Wildman–Crippen MR) is 95.8 cm³/mol. The zero-order valence-electron chi connectivity index (χ0n) is 12.3. The third-order valence-electron chi connectivity index (χ3n) is 3.07. The summed E-state index contributed by atoms with van der Waals surface area (Å²) in [4.78, 5) is 16.3. The van der Waals surface area contributed by atoms with Crippen LogP contribution in [0.3, 0.4) is 0 Å². The first-order chi connectivity index (χ1) is 11.6. The van der Waals surface area contributed by atoms with Gasteiger partial charge in [-0.2, -0.15) is 0 Å². The second-order valence-electron chi connectivity index (χ2n) is 4.82. The highest BCUT2D eigenvalue weighted by molar-refractivity contribution is 9.10. The van der Waals surface area contributed by atoms with Crippen molar-refractivity contribution >= 4 is 38.3 Å². The molecule has 1 N–H and O–H groups in total. The van der Waals surface area contributed by atoms with Crippen molar-refractivity contribution in [2.24, 2.45) is 0 Å². The quantitative estimate of drug-likeness (QED) is 0.666. The number of carbonyl (C=O) groups excluding carboxylic acids is 1. The van der Waals surface area contributed by atoms with E-state index < -0.39 is 11.7 Å². The van der Waals surface area contributed by atoms with Crippen LogP contribution in [0.15, 0.2) is 58.4 Å². The van der Waals surface area contributed by atoms with Crippen LogP contribution in [0.4, 0.5) is 9.52 Å². The Hall–Kier alpha value is -2.25. The topological polar surface area (TPSA) is 51.2 Å². The maximum absolute atomic E-state index is 13.4. The van der Waals surface area contributed by atoms with Gasteiger partial charge in [-0.1, -0.05) is 40.2 Å². The van der Waals surface area contributed by atoms with E-state index in [0.29, 0.717) is 5.13 Å². The normalized spacial score (nSPS) is 10.4. The molecule has 0 spiro atoms. The number of benzene rings is 2. The molecule has 0 saturated heterocycles. The van der Waals surface area contributed by atoms with E-state index in [0.717, 1.165) is 15.7 Å². The number of nitrogens with one attached hydrogen (secondary N) is 1. The molecule has 2 aromatic carbocycles. The van der Waals surface area contributed by atoms with Crippen molar-refractivity contribution in [1.29, 1.82) is 0 Å². The summed E-state index contributed by atoms with van der Waals surface area (Å²) >= 11 is 4.73. The van der Waals surface area contributed by atoms with Crippen LogP contribution < -0.4 is 10.1 Å². The minimum Gasteiger partial charge on any atom is -0.481 e. The molecule has 1 heterocycles. The summed E-state index contributed by atoms with van der Waals surface area (Å²) in [5.74, 6) is -0.855. The number of halogens is 2. The van der Waals surface area contributed by atoms with Gasteiger partial charge in [0.25, 0.3) is 5.91 Å². The second-order valence-corrected chi connectivity index (χ2v) is 6.59. The van der Waals surface area contributed by atoms with Crippen molar-refractivity contribution in [1.82, 2.24) is 4.98 Å². The summed E-state index contributed by atoms with van der Waals surface area (Å²) < 4.78 is 19.5. The van der Waals surface area contributed by atoms with Crippen LogP contribution >= 0.6 is 27.3 Å². The molecule has 122 valence electrons. The van der Waals surface area contributed by atoms with Gasteiger partial charge in [0, 0.05) is 15.4 Å². The average molecular weight is 407 g/mol. The third-order valence-corrected chi connectivity index (χ3v) is 4.32. The smallest absolute Gasteiger partial charge is 0.264 e. The second kappa shape index (κ2) is 7.55. The molecular formula is C17H12BrFN2O2S. The highest BCUT2D eigenvalue weighted by Crippen LogP contribution is 2.26. The number of rotatable bonds is 5. The number of ether oxygens (including phenoxy) is 1. The van der Waals surface area contributed by atoms with Gasteiger partial charge in [-0.25, -0.2) is 9.37 Å². The molecule has 0 atom stereocenters. The summed E-state index contributed by atoms with van der Waals surface area (Å²) in [7, 11) is 0. The first kappa shape index (κ1) is 16.6. The van der Waals surface area contributed by atoms with Gasteiger partial charge in [0.1, 0.15) is 0 Å². The molecule has 0 aliphatic heterocycles. The van der Waals surface area contributed by atoms with Crippen molar-refractivity contribution in [3.8, 4) is 17.0 Å². The number of carbonyl (C=O) groups is 1. The molecule has 24 heavy (non-hydrogen) atoms. The van der Waals surface area contributed by atoms with Crippen molar-refractivity contribution < 1.29 is 13.9 Å². The van der Waals surface area contributed by atoms with Crippen molar-refractivity contribution in [2.75, 3.05) is 11.9 Å². The van der Waals surface area contributed by atoms with Gasteiger partial charge >= 0.3 is 0 Å².